The van der Waals surface area contributed by atoms with E-state index in [4.69, 9.17) is 0 Å². The van der Waals surface area contributed by atoms with Crippen molar-refractivity contribution in [2.75, 3.05) is 5.32 Å². The van der Waals surface area contributed by atoms with E-state index in [0.717, 1.165) is 16.8 Å². The number of benzene rings is 2. The maximum Gasteiger partial charge on any atom is 0.256 e. The van der Waals surface area contributed by atoms with Gasteiger partial charge in [0.1, 0.15) is 0 Å². The minimum atomic E-state index is -3.63. The number of aromatic amines is 1. The predicted molar refractivity (Wildman–Crippen MR) is 117 cm³/mol. The second-order valence-electron chi connectivity index (χ2n) is 8.19. The average molecular weight is 427 g/mol. The van der Waals surface area contributed by atoms with E-state index < -0.39 is 10.0 Å². The van der Waals surface area contributed by atoms with E-state index in [0.29, 0.717) is 11.4 Å². The van der Waals surface area contributed by atoms with Gasteiger partial charge >= 0.3 is 0 Å². The van der Waals surface area contributed by atoms with Gasteiger partial charge in [-0.05, 0) is 47.7 Å². The van der Waals surface area contributed by atoms with Gasteiger partial charge in [0, 0.05) is 23.9 Å². The number of anilines is 1. The number of H-pyrrole nitrogens is 1. The molecule has 0 aliphatic rings. The lowest BCUT2D eigenvalue weighted by Gasteiger charge is -2.19. The van der Waals surface area contributed by atoms with Crippen LogP contribution in [0.1, 0.15) is 48.0 Å². The molecule has 30 heavy (non-hydrogen) atoms. The van der Waals surface area contributed by atoms with Crippen LogP contribution in [0.15, 0.2) is 59.5 Å². The summed E-state index contributed by atoms with van der Waals surface area (Å²) in [6.07, 6.45) is 0. The van der Waals surface area contributed by atoms with Gasteiger partial charge in [-0.25, -0.2) is 13.1 Å². The van der Waals surface area contributed by atoms with E-state index in [1.807, 2.05) is 19.1 Å². The van der Waals surface area contributed by atoms with Gasteiger partial charge in [0.25, 0.3) is 5.91 Å². The second kappa shape index (κ2) is 8.41. The van der Waals surface area contributed by atoms with Crippen molar-refractivity contribution >= 4 is 21.7 Å². The summed E-state index contributed by atoms with van der Waals surface area (Å²) >= 11 is 0. The highest BCUT2D eigenvalue weighted by molar-refractivity contribution is 7.89. The molecule has 0 bridgehead atoms. The molecule has 158 valence electrons. The second-order valence-corrected chi connectivity index (χ2v) is 9.95. The molecule has 8 heteroatoms. The van der Waals surface area contributed by atoms with Crippen LogP contribution in [0.4, 0.5) is 5.82 Å². The largest absolute Gasteiger partial charge is 0.305 e. The summed E-state index contributed by atoms with van der Waals surface area (Å²) < 4.78 is 27.7. The minimum absolute atomic E-state index is 0.0419. The number of nitrogens with zero attached hydrogens (tertiary/aromatic N) is 1. The Hall–Kier alpha value is -2.97. The summed E-state index contributed by atoms with van der Waals surface area (Å²) in [5.41, 5.74) is 3.08. The maximum atomic E-state index is 12.6. The monoisotopic (exact) mass is 426 g/mol. The molecule has 3 aromatic rings. The van der Waals surface area contributed by atoms with Crippen LogP contribution in [0.3, 0.4) is 0 Å². The topological polar surface area (TPSA) is 104 Å². The molecule has 0 spiro atoms. The highest BCUT2D eigenvalue weighted by Crippen LogP contribution is 2.23. The molecule has 0 saturated heterocycles. The van der Waals surface area contributed by atoms with Crippen LogP contribution in [-0.4, -0.2) is 24.5 Å². The smallest absolute Gasteiger partial charge is 0.256 e. The van der Waals surface area contributed by atoms with Gasteiger partial charge in [-0.15, -0.1) is 0 Å². The van der Waals surface area contributed by atoms with Crippen LogP contribution in [0, 0.1) is 6.92 Å². The SMILES string of the molecule is Cc1cc(NC(=O)c2ccc(CNS(=O)(=O)c3ccc(C(C)(C)C)cc3)cc2)n[nH]1. The van der Waals surface area contributed by atoms with Gasteiger partial charge < -0.3 is 5.32 Å². The van der Waals surface area contributed by atoms with Crippen molar-refractivity contribution in [3.8, 4) is 0 Å². The van der Waals surface area contributed by atoms with Gasteiger partial charge in [-0.2, -0.15) is 5.10 Å². The van der Waals surface area contributed by atoms with Crippen molar-refractivity contribution < 1.29 is 13.2 Å². The fraction of sp³-hybridized carbons (Fsp3) is 0.273. The number of hydrogen-bond acceptors (Lipinski definition) is 4. The van der Waals surface area contributed by atoms with E-state index >= 15 is 0 Å². The zero-order chi connectivity index (χ0) is 21.9. The van der Waals surface area contributed by atoms with Gasteiger partial charge in [0.2, 0.25) is 10.0 Å². The minimum Gasteiger partial charge on any atom is -0.305 e. The first-order chi connectivity index (χ1) is 14.0. The first kappa shape index (κ1) is 21.7. The summed E-state index contributed by atoms with van der Waals surface area (Å²) in [5.74, 6) is 0.166. The summed E-state index contributed by atoms with van der Waals surface area (Å²) in [6, 6.07) is 15.4. The predicted octanol–water partition coefficient (Wildman–Crippen LogP) is 3.75. The van der Waals surface area contributed by atoms with Crippen molar-refractivity contribution in [2.24, 2.45) is 0 Å². The molecule has 3 N–H and O–H groups in total. The first-order valence-corrected chi connectivity index (χ1v) is 11.1. The number of hydrogen-bond donors (Lipinski definition) is 3. The van der Waals surface area contributed by atoms with Crippen molar-refractivity contribution in [1.82, 2.24) is 14.9 Å². The Kier molecular flexibility index (Phi) is 6.09. The summed E-state index contributed by atoms with van der Waals surface area (Å²) in [5, 5.41) is 9.43. The van der Waals surface area contributed by atoms with E-state index in [1.165, 1.54) is 0 Å². The Balaban J connectivity index is 1.62. The Bertz CT molecular complexity index is 1130. The molecule has 7 nitrogen and oxygen atoms in total. The Labute approximate surface area is 177 Å². The van der Waals surface area contributed by atoms with Gasteiger partial charge in [-0.1, -0.05) is 45.0 Å². The summed E-state index contributed by atoms with van der Waals surface area (Å²) in [7, 11) is -3.63. The highest BCUT2D eigenvalue weighted by atomic mass is 32.2. The quantitative estimate of drug-likeness (QED) is 0.558. The molecule has 3 rings (SSSR count). The molecule has 0 fully saturated rings. The average Bonchev–Trinajstić information content (AvgIpc) is 3.11. The zero-order valence-electron chi connectivity index (χ0n) is 17.5. The number of aromatic nitrogens is 2. The molecule has 0 aliphatic heterocycles. The van der Waals surface area contributed by atoms with Crippen LogP contribution in [0.25, 0.3) is 0 Å². The lowest BCUT2D eigenvalue weighted by molar-refractivity contribution is 0.102. The molecule has 1 aromatic heterocycles. The van der Waals surface area contributed by atoms with Gasteiger partial charge in [0.05, 0.1) is 4.90 Å². The number of aryl methyl sites for hydroxylation is 1. The fourth-order valence-electron chi connectivity index (χ4n) is 2.84. The van der Waals surface area contributed by atoms with E-state index in [-0.39, 0.29) is 22.8 Å². The number of rotatable bonds is 6. The number of sulfonamides is 1. The van der Waals surface area contributed by atoms with E-state index in [1.54, 1.807) is 42.5 Å². The van der Waals surface area contributed by atoms with Crippen LogP contribution < -0.4 is 10.0 Å². The third-order valence-corrected chi connectivity index (χ3v) is 6.08. The van der Waals surface area contributed by atoms with E-state index in [9.17, 15) is 13.2 Å². The molecule has 0 unspecified atom stereocenters. The normalized spacial score (nSPS) is 12.0. The van der Waals surface area contributed by atoms with Crippen LogP contribution >= 0.6 is 0 Å². The summed E-state index contributed by atoms with van der Waals surface area (Å²) in [4.78, 5) is 12.5. The Morgan fingerprint density at radius 3 is 2.20 bits per heavy atom. The molecule has 2 aromatic carbocycles. The van der Waals surface area contributed by atoms with Crippen molar-refractivity contribution in [3.05, 3.63) is 77.0 Å². The lowest BCUT2D eigenvalue weighted by atomic mass is 9.87. The molecule has 1 heterocycles. The Morgan fingerprint density at radius 2 is 1.67 bits per heavy atom. The first-order valence-electron chi connectivity index (χ1n) is 9.57. The van der Waals surface area contributed by atoms with Crippen LogP contribution in [0.2, 0.25) is 0 Å². The summed E-state index contributed by atoms with van der Waals surface area (Å²) in [6.45, 7) is 8.21. The molecule has 0 radical (unpaired) electrons. The number of nitrogens with one attached hydrogen (secondary N) is 3. The van der Waals surface area contributed by atoms with Crippen molar-refractivity contribution in [3.63, 3.8) is 0 Å². The van der Waals surface area contributed by atoms with Gasteiger partial charge in [0.15, 0.2) is 5.82 Å². The van der Waals surface area contributed by atoms with Gasteiger partial charge in [-0.3, -0.25) is 9.89 Å². The standard InChI is InChI=1S/C22H26N4O3S/c1-15-13-20(26-25-15)24-21(27)17-7-5-16(6-8-17)14-23-30(28,29)19-11-9-18(10-12-19)22(2,3)4/h5-13,23H,14H2,1-4H3,(H2,24,25,26,27). The number of carbonyl (C=O) groups is 1. The fourth-order valence-corrected chi connectivity index (χ4v) is 3.86. The highest BCUT2D eigenvalue weighted by Gasteiger charge is 2.17. The molecule has 0 aliphatic carbocycles. The third kappa shape index (κ3) is 5.34. The number of amides is 1. The molecule has 1 amide bonds. The molecule has 0 saturated carbocycles. The molecule has 0 atom stereocenters. The third-order valence-electron chi connectivity index (χ3n) is 4.66. The van der Waals surface area contributed by atoms with Crippen LogP contribution in [0.5, 0.6) is 0 Å². The number of carbonyl (C=O) groups excluding carboxylic acids is 1. The van der Waals surface area contributed by atoms with Crippen LogP contribution in [-0.2, 0) is 22.0 Å². The molecular weight excluding hydrogens is 400 g/mol. The van der Waals surface area contributed by atoms with E-state index in [2.05, 4.69) is 41.0 Å². The maximum absolute atomic E-state index is 12.6. The van der Waals surface area contributed by atoms with Crippen molar-refractivity contribution in [2.45, 2.75) is 44.6 Å². The van der Waals surface area contributed by atoms with Crippen molar-refractivity contribution in [1.29, 1.82) is 0 Å². The lowest BCUT2D eigenvalue weighted by Crippen LogP contribution is -2.23. The molecular formula is C22H26N4O3S. The zero-order valence-corrected chi connectivity index (χ0v) is 18.3. The Morgan fingerprint density at radius 1 is 1.03 bits per heavy atom.